The molecule has 0 aliphatic heterocycles. The minimum absolute atomic E-state index is 0.385. The van der Waals surface area contributed by atoms with Gasteiger partial charge in [0.2, 0.25) is 5.88 Å². The van der Waals surface area contributed by atoms with Crippen LogP contribution in [0.25, 0.3) is 6.08 Å². The molecule has 3 N–H and O–H groups in total. The summed E-state index contributed by atoms with van der Waals surface area (Å²) in [5.74, 6) is 0.320. The van der Waals surface area contributed by atoms with Gasteiger partial charge in [-0.3, -0.25) is 0 Å². The molecule has 0 aliphatic rings. The predicted molar refractivity (Wildman–Crippen MR) is 78.4 cm³/mol. The Morgan fingerprint density at radius 2 is 2.10 bits per heavy atom. The third kappa shape index (κ3) is 3.97. The van der Waals surface area contributed by atoms with Crippen LogP contribution in [0.5, 0.6) is 17.4 Å². The van der Waals surface area contributed by atoms with Crippen LogP contribution >= 0.6 is 0 Å². The minimum Gasteiger partial charge on any atom is -0.493 e. The maximum atomic E-state index is 10.5. The van der Waals surface area contributed by atoms with Gasteiger partial charge in [-0.15, -0.1) is 0 Å². The summed E-state index contributed by atoms with van der Waals surface area (Å²) in [5.41, 5.74) is 6.79. The summed E-state index contributed by atoms with van der Waals surface area (Å²) in [6.45, 7) is 0. The van der Waals surface area contributed by atoms with Crippen molar-refractivity contribution in [2.24, 2.45) is 0 Å². The van der Waals surface area contributed by atoms with E-state index in [2.05, 4.69) is 4.98 Å². The van der Waals surface area contributed by atoms with Gasteiger partial charge in [0.1, 0.15) is 0 Å². The van der Waals surface area contributed by atoms with E-state index in [0.717, 1.165) is 6.08 Å². The zero-order valence-electron chi connectivity index (χ0n) is 11.3. The van der Waals surface area contributed by atoms with Crippen LogP contribution in [0.3, 0.4) is 0 Å². The number of aliphatic carboxylic acids is 1. The number of carbonyl (C=O) groups is 1. The van der Waals surface area contributed by atoms with Gasteiger partial charge in [0.15, 0.2) is 11.5 Å². The van der Waals surface area contributed by atoms with Crippen LogP contribution in [-0.2, 0) is 4.79 Å². The molecular formula is C15H14N2O4. The number of rotatable bonds is 5. The Morgan fingerprint density at radius 3 is 2.71 bits per heavy atom. The van der Waals surface area contributed by atoms with E-state index in [-0.39, 0.29) is 0 Å². The van der Waals surface area contributed by atoms with E-state index in [9.17, 15) is 4.79 Å². The number of hydrogen-bond donors (Lipinski definition) is 2. The van der Waals surface area contributed by atoms with E-state index >= 15 is 0 Å². The molecule has 0 saturated carbocycles. The Kier molecular flexibility index (Phi) is 4.40. The number of nitrogen functional groups attached to an aromatic ring is 1. The van der Waals surface area contributed by atoms with Crippen molar-refractivity contribution in [3.05, 3.63) is 48.2 Å². The number of hydrogen-bond acceptors (Lipinski definition) is 5. The lowest BCUT2D eigenvalue weighted by molar-refractivity contribution is -0.131. The van der Waals surface area contributed by atoms with Crippen molar-refractivity contribution >= 4 is 17.7 Å². The summed E-state index contributed by atoms with van der Waals surface area (Å²) in [4.78, 5) is 14.5. The van der Waals surface area contributed by atoms with Gasteiger partial charge in [0.25, 0.3) is 0 Å². The van der Waals surface area contributed by atoms with Crippen molar-refractivity contribution < 1.29 is 19.4 Å². The molecule has 6 nitrogen and oxygen atoms in total. The van der Waals surface area contributed by atoms with Crippen molar-refractivity contribution in [2.45, 2.75) is 0 Å². The quantitative estimate of drug-likeness (QED) is 0.820. The number of pyridine rings is 1. The third-order valence-electron chi connectivity index (χ3n) is 2.58. The molecule has 108 valence electrons. The number of carboxylic acid groups (broad SMARTS) is 1. The molecule has 0 fully saturated rings. The van der Waals surface area contributed by atoms with Crippen LogP contribution in [0.2, 0.25) is 0 Å². The van der Waals surface area contributed by atoms with Gasteiger partial charge >= 0.3 is 5.97 Å². The highest BCUT2D eigenvalue weighted by atomic mass is 16.5. The zero-order valence-corrected chi connectivity index (χ0v) is 11.3. The van der Waals surface area contributed by atoms with E-state index in [4.69, 9.17) is 20.3 Å². The van der Waals surface area contributed by atoms with Gasteiger partial charge in [-0.25, -0.2) is 9.78 Å². The van der Waals surface area contributed by atoms with Gasteiger partial charge in [-0.1, -0.05) is 6.07 Å². The maximum absolute atomic E-state index is 10.5. The molecule has 1 heterocycles. The van der Waals surface area contributed by atoms with Crippen LogP contribution in [0.15, 0.2) is 42.6 Å². The maximum Gasteiger partial charge on any atom is 0.328 e. The fourth-order valence-electron chi connectivity index (χ4n) is 1.60. The summed E-state index contributed by atoms with van der Waals surface area (Å²) >= 11 is 0. The third-order valence-corrected chi connectivity index (χ3v) is 2.58. The lowest BCUT2D eigenvalue weighted by Crippen LogP contribution is -1.94. The molecule has 2 rings (SSSR count). The predicted octanol–water partition coefficient (Wildman–Crippen LogP) is 2.56. The van der Waals surface area contributed by atoms with E-state index in [1.54, 1.807) is 30.3 Å². The van der Waals surface area contributed by atoms with E-state index in [1.165, 1.54) is 19.4 Å². The first-order chi connectivity index (χ1) is 10.1. The molecule has 6 heteroatoms. The van der Waals surface area contributed by atoms with E-state index < -0.39 is 5.97 Å². The monoisotopic (exact) mass is 286 g/mol. The van der Waals surface area contributed by atoms with Crippen molar-refractivity contribution in [2.75, 3.05) is 12.8 Å². The molecule has 0 saturated heterocycles. The van der Waals surface area contributed by atoms with Gasteiger partial charge in [0.05, 0.1) is 19.0 Å². The minimum atomic E-state index is -1.01. The van der Waals surface area contributed by atoms with Gasteiger partial charge in [-0.05, 0) is 29.8 Å². The summed E-state index contributed by atoms with van der Waals surface area (Å²) in [7, 11) is 1.50. The molecule has 0 unspecified atom stereocenters. The summed E-state index contributed by atoms with van der Waals surface area (Å²) in [6, 6.07) is 8.39. The highest BCUT2D eigenvalue weighted by molar-refractivity contribution is 5.85. The number of nitrogens with zero attached hydrogens (tertiary/aromatic N) is 1. The molecule has 0 bridgehead atoms. The highest BCUT2D eigenvalue weighted by Crippen LogP contribution is 2.32. The van der Waals surface area contributed by atoms with Crippen LogP contribution in [-0.4, -0.2) is 23.2 Å². The van der Waals surface area contributed by atoms with E-state index in [1.807, 2.05) is 0 Å². The molecular weight excluding hydrogens is 272 g/mol. The second-order valence-corrected chi connectivity index (χ2v) is 4.11. The molecule has 0 aliphatic carbocycles. The summed E-state index contributed by atoms with van der Waals surface area (Å²) in [6.07, 6.45) is 4.01. The molecule has 1 aromatic heterocycles. The Bertz CT molecular complexity index is 666. The SMILES string of the molecule is COc1cc(/C=C/C(=O)O)ccc1Oc1ccc(N)cn1. The summed E-state index contributed by atoms with van der Waals surface area (Å²) in [5, 5.41) is 8.61. The topological polar surface area (TPSA) is 94.7 Å². The van der Waals surface area contributed by atoms with Gasteiger partial charge in [-0.2, -0.15) is 0 Å². The second kappa shape index (κ2) is 6.42. The lowest BCUT2D eigenvalue weighted by atomic mass is 10.2. The molecule has 0 spiro atoms. The average molecular weight is 286 g/mol. The molecule has 1 aromatic carbocycles. The first-order valence-electron chi connectivity index (χ1n) is 6.07. The Balaban J connectivity index is 2.23. The second-order valence-electron chi connectivity index (χ2n) is 4.11. The lowest BCUT2D eigenvalue weighted by Gasteiger charge is -2.10. The number of aromatic nitrogens is 1. The van der Waals surface area contributed by atoms with E-state index in [0.29, 0.717) is 28.6 Å². The number of anilines is 1. The van der Waals surface area contributed by atoms with Crippen molar-refractivity contribution in [1.29, 1.82) is 0 Å². The number of methoxy groups -OCH3 is 1. The van der Waals surface area contributed by atoms with Crippen molar-refractivity contribution in [3.8, 4) is 17.4 Å². The van der Waals surface area contributed by atoms with Gasteiger partial charge in [0, 0.05) is 12.1 Å². The fraction of sp³-hybridized carbons (Fsp3) is 0.0667. The fourth-order valence-corrected chi connectivity index (χ4v) is 1.60. The number of nitrogens with two attached hydrogens (primary N) is 1. The Hall–Kier alpha value is -3.02. The smallest absolute Gasteiger partial charge is 0.328 e. The molecule has 0 atom stereocenters. The van der Waals surface area contributed by atoms with Crippen LogP contribution in [0.1, 0.15) is 5.56 Å². The zero-order chi connectivity index (χ0) is 15.2. The van der Waals surface area contributed by atoms with Crippen LogP contribution in [0.4, 0.5) is 5.69 Å². The molecule has 0 amide bonds. The molecule has 0 radical (unpaired) electrons. The van der Waals surface area contributed by atoms with Crippen molar-refractivity contribution in [1.82, 2.24) is 4.98 Å². The largest absolute Gasteiger partial charge is 0.493 e. The Morgan fingerprint density at radius 1 is 1.29 bits per heavy atom. The number of carboxylic acids is 1. The highest BCUT2D eigenvalue weighted by Gasteiger charge is 2.07. The first kappa shape index (κ1) is 14.4. The summed E-state index contributed by atoms with van der Waals surface area (Å²) < 4.78 is 10.8. The molecule has 21 heavy (non-hydrogen) atoms. The average Bonchev–Trinajstić information content (AvgIpc) is 2.48. The van der Waals surface area contributed by atoms with Crippen molar-refractivity contribution in [3.63, 3.8) is 0 Å². The normalized spacial score (nSPS) is 10.5. The number of benzene rings is 1. The van der Waals surface area contributed by atoms with Crippen LogP contribution in [0, 0.1) is 0 Å². The Labute approximate surface area is 121 Å². The molecule has 2 aromatic rings. The first-order valence-corrected chi connectivity index (χ1v) is 6.07. The number of ether oxygens (including phenoxy) is 2. The van der Waals surface area contributed by atoms with Crippen LogP contribution < -0.4 is 15.2 Å². The standard InChI is InChI=1S/C15H14N2O4/c1-20-13-8-10(3-7-15(18)19)2-5-12(13)21-14-6-4-11(16)9-17-14/h2-9H,16H2,1H3,(H,18,19)/b7-3+. The van der Waals surface area contributed by atoms with Gasteiger partial charge < -0.3 is 20.3 Å².